The van der Waals surface area contributed by atoms with Gasteiger partial charge in [0.25, 0.3) is 11.8 Å². The summed E-state index contributed by atoms with van der Waals surface area (Å²) >= 11 is 6.36. The summed E-state index contributed by atoms with van der Waals surface area (Å²) in [5, 5.41) is 5.33. The number of carbonyl (C=O) groups is 3. The third-order valence-electron chi connectivity index (χ3n) is 5.93. The molecule has 2 bridgehead atoms. The number of rotatable bonds is 7. The van der Waals surface area contributed by atoms with Gasteiger partial charge in [-0.1, -0.05) is 23.8 Å². The number of hydrogen-bond acceptors (Lipinski definition) is 7. The van der Waals surface area contributed by atoms with E-state index in [1.54, 1.807) is 19.1 Å². The zero-order chi connectivity index (χ0) is 22.3. The van der Waals surface area contributed by atoms with Crippen molar-refractivity contribution in [3.8, 4) is 11.5 Å². The normalized spacial score (nSPS) is 27.2. The first-order valence-electron chi connectivity index (χ1n) is 10.2. The van der Waals surface area contributed by atoms with E-state index >= 15 is 0 Å². The smallest absolute Gasteiger partial charge is 0.346 e. The van der Waals surface area contributed by atoms with E-state index in [-0.39, 0.29) is 46.3 Å². The minimum atomic E-state index is -0.885. The molecule has 0 N–H and O–H groups in total. The van der Waals surface area contributed by atoms with E-state index < -0.39 is 12.1 Å². The van der Waals surface area contributed by atoms with Crippen molar-refractivity contribution in [1.82, 2.24) is 5.01 Å². The second kappa shape index (κ2) is 8.34. The third-order valence-corrected chi connectivity index (χ3v) is 6.21. The molecule has 5 atom stereocenters. The highest BCUT2D eigenvalue weighted by Crippen LogP contribution is 2.52. The molecule has 0 radical (unpaired) electrons. The molecular weight excluding hydrogens is 424 g/mol. The van der Waals surface area contributed by atoms with Crippen LogP contribution < -0.4 is 9.47 Å². The number of carbonyl (C=O) groups excluding carboxylic acids is 3. The molecule has 9 heteroatoms. The van der Waals surface area contributed by atoms with Crippen LogP contribution in [0.15, 0.2) is 29.4 Å². The Morgan fingerprint density at radius 2 is 1.90 bits per heavy atom. The average Bonchev–Trinajstić information content (AvgIpc) is 3.43. The Balaban J connectivity index is 1.56. The summed E-state index contributed by atoms with van der Waals surface area (Å²) in [5.74, 6) is -0.927. The molecule has 1 aliphatic heterocycles. The van der Waals surface area contributed by atoms with Crippen molar-refractivity contribution >= 4 is 35.6 Å². The highest BCUT2D eigenvalue weighted by molar-refractivity contribution is 6.32. The molecular formula is C22H23ClN2O6. The number of fused-ring (bicyclic) bond motifs is 5. The van der Waals surface area contributed by atoms with E-state index in [1.807, 2.05) is 12.2 Å². The quantitative estimate of drug-likeness (QED) is 0.276. The molecule has 0 unspecified atom stereocenters. The Kier molecular flexibility index (Phi) is 5.75. The average molecular weight is 447 g/mol. The van der Waals surface area contributed by atoms with Crippen LogP contribution in [0.4, 0.5) is 0 Å². The van der Waals surface area contributed by atoms with Crippen LogP contribution in [0.25, 0.3) is 0 Å². The summed E-state index contributed by atoms with van der Waals surface area (Å²) in [7, 11) is 1.27. The molecule has 4 rings (SSSR count). The molecule has 1 saturated heterocycles. The van der Waals surface area contributed by atoms with Crippen molar-refractivity contribution < 1.29 is 28.6 Å². The molecule has 0 aromatic heterocycles. The number of hydrogen-bond donors (Lipinski definition) is 0. The minimum Gasteiger partial charge on any atom is -0.490 e. The monoisotopic (exact) mass is 446 g/mol. The second-order valence-corrected chi connectivity index (χ2v) is 8.19. The third kappa shape index (κ3) is 3.69. The van der Waals surface area contributed by atoms with Gasteiger partial charge in [0.15, 0.2) is 17.6 Å². The number of imide groups is 1. The van der Waals surface area contributed by atoms with Crippen LogP contribution in [-0.2, 0) is 19.1 Å². The van der Waals surface area contributed by atoms with E-state index in [1.165, 1.54) is 20.2 Å². The van der Waals surface area contributed by atoms with E-state index in [2.05, 4.69) is 9.84 Å². The van der Waals surface area contributed by atoms with Crippen molar-refractivity contribution in [1.29, 1.82) is 0 Å². The number of esters is 1. The van der Waals surface area contributed by atoms with Crippen molar-refractivity contribution in [2.45, 2.75) is 26.4 Å². The van der Waals surface area contributed by atoms with Crippen LogP contribution in [0.5, 0.6) is 11.5 Å². The van der Waals surface area contributed by atoms with Crippen LogP contribution in [-0.4, -0.2) is 48.8 Å². The molecule has 1 heterocycles. The zero-order valence-corrected chi connectivity index (χ0v) is 18.2. The summed E-state index contributed by atoms with van der Waals surface area (Å²) in [6, 6.07) is 3.18. The van der Waals surface area contributed by atoms with E-state index in [0.717, 1.165) is 11.4 Å². The Hall–Kier alpha value is -2.87. The van der Waals surface area contributed by atoms with E-state index in [0.29, 0.717) is 17.9 Å². The van der Waals surface area contributed by atoms with Crippen LogP contribution in [0.3, 0.4) is 0 Å². The predicted octanol–water partition coefficient (Wildman–Crippen LogP) is 2.82. The van der Waals surface area contributed by atoms with Crippen LogP contribution in [0.1, 0.15) is 25.8 Å². The maximum atomic E-state index is 12.8. The van der Waals surface area contributed by atoms with Crippen LogP contribution in [0.2, 0.25) is 5.02 Å². The van der Waals surface area contributed by atoms with Gasteiger partial charge in [-0.15, -0.1) is 0 Å². The Bertz CT molecular complexity index is 960. The summed E-state index contributed by atoms with van der Waals surface area (Å²) < 4.78 is 15.9. The molecule has 2 fully saturated rings. The van der Waals surface area contributed by atoms with Gasteiger partial charge in [0.2, 0.25) is 0 Å². The maximum absolute atomic E-state index is 12.8. The lowest BCUT2D eigenvalue weighted by Gasteiger charge is -2.17. The first-order chi connectivity index (χ1) is 14.8. The van der Waals surface area contributed by atoms with Gasteiger partial charge in [-0.05, 0) is 49.8 Å². The lowest BCUT2D eigenvalue weighted by atomic mass is 9.85. The Morgan fingerprint density at radius 3 is 2.48 bits per heavy atom. The SMILES string of the molecule is CCOc1cc(C=NN2C(=O)[C@@H]3[C@H](C2=O)[C@H]2C=C[C@H]3C2)cc(Cl)c1O[C@H](C)C(=O)OC. The van der Waals surface area contributed by atoms with Crippen LogP contribution in [0, 0.1) is 23.7 Å². The lowest BCUT2D eigenvalue weighted by molar-refractivity contribution is -0.148. The topological polar surface area (TPSA) is 94.5 Å². The van der Waals surface area contributed by atoms with Crippen molar-refractivity contribution in [3.05, 3.63) is 34.9 Å². The molecule has 164 valence electrons. The minimum absolute atomic E-state index is 0.124. The molecule has 31 heavy (non-hydrogen) atoms. The van der Waals surface area contributed by atoms with Crippen molar-refractivity contribution in [3.63, 3.8) is 0 Å². The number of nitrogens with zero attached hydrogens (tertiary/aromatic N) is 2. The van der Waals surface area contributed by atoms with Gasteiger partial charge in [0, 0.05) is 0 Å². The van der Waals surface area contributed by atoms with Gasteiger partial charge < -0.3 is 14.2 Å². The summed E-state index contributed by atoms with van der Waals surface area (Å²) in [5.41, 5.74) is 0.519. The fourth-order valence-electron chi connectivity index (χ4n) is 4.56. The first kappa shape index (κ1) is 21.4. The zero-order valence-electron chi connectivity index (χ0n) is 17.4. The van der Waals surface area contributed by atoms with E-state index in [9.17, 15) is 14.4 Å². The van der Waals surface area contributed by atoms with Gasteiger partial charge >= 0.3 is 5.97 Å². The fourth-order valence-corrected chi connectivity index (χ4v) is 4.82. The van der Waals surface area contributed by atoms with Gasteiger partial charge in [-0.3, -0.25) is 9.59 Å². The molecule has 8 nitrogen and oxygen atoms in total. The van der Waals surface area contributed by atoms with Gasteiger partial charge in [-0.25, -0.2) is 4.79 Å². The highest BCUT2D eigenvalue weighted by atomic mass is 35.5. The van der Waals surface area contributed by atoms with E-state index in [4.69, 9.17) is 21.1 Å². The summed E-state index contributed by atoms with van der Waals surface area (Å²) in [6.45, 7) is 3.67. The van der Waals surface area contributed by atoms with Crippen molar-refractivity contribution in [2.24, 2.45) is 28.8 Å². The Labute approximate surface area is 184 Å². The molecule has 1 saturated carbocycles. The maximum Gasteiger partial charge on any atom is 0.346 e. The summed E-state index contributed by atoms with van der Waals surface area (Å²) in [4.78, 5) is 37.2. The fraction of sp³-hybridized carbons (Fsp3) is 0.455. The number of halogens is 1. The van der Waals surface area contributed by atoms with Gasteiger partial charge in [-0.2, -0.15) is 10.1 Å². The largest absolute Gasteiger partial charge is 0.490 e. The first-order valence-corrected chi connectivity index (χ1v) is 10.5. The number of hydrazone groups is 1. The van der Waals surface area contributed by atoms with Gasteiger partial charge in [0.05, 0.1) is 36.8 Å². The number of amides is 2. The molecule has 2 aliphatic carbocycles. The molecule has 1 aromatic carbocycles. The second-order valence-electron chi connectivity index (χ2n) is 7.78. The molecule has 3 aliphatic rings. The van der Waals surface area contributed by atoms with Gasteiger partial charge in [0.1, 0.15) is 0 Å². The standard InChI is InChI=1S/C22H23ClN2O6/c1-4-30-16-8-12(7-15(23)19(16)31-11(2)22(28)29-3)10-24-25-20(26)17-13-5-6-14(9-13)18(17)21(25)27/h5-8,10-11,13-14,17-18H,4,9H2,1-3H3/t11-,13+,14+,17-,18+/m1/s1. The lowest BCUT2D eigenvalue weighted by Crippen LogP contribution is -2.28. The number of allylic oxidation sites excluding steroid dienone is 2. The number of ether oxygens (including phenoxy) is 3. The highest BCUT2D eigenvalue weighted by Gasteiger charge is 2.59. The molecule has 1 aromatic rings. The molecule has 2 amide bonds. The molecule has 0 spiro atoms. The number of methoxy groups -OCH3 is 1. The predicted molar refractivity (Wildman–Crippen MR) is 112 cm³/mol. The Morgan fingerprint density at radius 1 is 1.26 bits per heavy atom. The van der Waals surface area contributed by atoms with Crippen LogP contribution >= 0.6 is 11.6 Å². The summed E-state index contributed by atoms with van der Waals surface area (Å²) in [6.07, 6.45) is 5.44. The number of benzene rings is 1. The van der Waals surface area contributed by atoms with Crippen molar-refractivity contribution in [2.75, 3.05) is 13.7 Å².